The van der Waals surface area contributed by atoms with Crippen LogP contribution in [0.15, 0.2) is 20.9 Å². The van der Waals surface area contributed by atoms with Crippen LogP contribution in [0.4, 0.5) is 0 Å². The Morgan fingerprint density at radius 3 is 2.65 bits per heavy atom. The lowest BCUT2D eigenvalue weighted by Gasteiger charge is -2.36. The molecule has 0 bridgehead atoms. The fraction of sp³-hybridized carbons (Fsp3) is 0.667. The second-order valence-corrected chi connectivity index (χ2v) is 8.82. The molecule has 132 valence electrons. The third kappa shape index (κ3) is 7.50. The van der Waals surface area contributed by atoms with Gasteiger partial charge in [-0.15, -0.1) is 35.3 Å². The first-order valence-electron chi connectivity index (χ1n) is 7.64. The number of nitrogens with one attached hydrogen (secondary N) is 1. The third-order valence-corrected chi connectivity index (χ3v) is 6.01. The van der Waals surface area contributed by atoms with E-state index in [-0.39, 0.29) is 24.0 Å². The van der Waals surface area contributed by atoms with Crippen LogP contribution >= 0.6 is 63.0 Å². The maximum absolute atomic E-state index is 4.42. The van der Waals surface area contributed by atoms with E-state index < -0.39 is 0 Å². The van der Waals surface area contributed by atoms with E-state index in [0.29, 0.717) is 0 Å². The Morgan fingerprint density at radius 1 is 1.35 bits per heavy atom. The lowest BCUT2D eigenvalue weighted by Crippen LogP contribution is -2.52. The topological polar surface area (TPSA) is 30.9 Å². The molecule has 23 heavy (non-hydrogen) atoms. The van der Waals surface area contributed by atoms with Gasteiger partial charge in [0.2, 0.25) is 0 Å². The Kier molecular flexibility index (Phi) is 11.2. The number of piperazine rings is 1. The Morgan fingerprint density at radius 2 is 2.09 bits per heavy atom. The maximum atomic E-state index is 4.42. The minimum atomic E-state index is 0. The van der Waals surface area contributed by atoms with Crippen molar-refractivity contribution in [2.75, 3.05) is 51.8 Å². The molecule has 1 aromatic heterocycles. The van der Waals surface area contributed by atoms with Gasteiger partial charge in [-0.3, -0.25) is 9.89 Å². The van der Waals surface area contributed by atoms with E-state index in [4.69, 9.17) is 0 Å². The van der Waals surface area contributed by atoms with E-state index >= 15 is 0 Å². The van der Waals surface area contributed by atoms with Crippen molar-refractivity contribution in [2.24, 2.45) is 4.99 Å². The molecular weight excluding hydrogens is 507 g/mol. The van der Waals surface area contributed by atoms with Crippen molar-refractivity contribution in [3.8, 4) is 0 Å². The highest BCUT2D eigenvalue weighted by Crippen LogP contribution is 2.23. The summed E-state index contributed by atoms with van der Waals surface area (Å²) in [5.74, 6) is 2.26. The summed E-state index contributed by atoms with van der Waals surface area (Å²) >= 11 is 7.27. The Bertz CT molecular complexity index is 476. The normalized spacial score (nSPS) is 16.3. The molecule has 4 nitrogen and oxygen atoms in total. The first-order chi connectivity index (χ1) is 10.7. The van der Waals surface area contributed by atoms with Gasteiger partial charge in [0, 0.05) is 51.2 Å². The molecule has 2 rings (SSSR count). The molecule has 0 spiro atoms. The van der Waals surface area contributed by atoms with Gasteiger partial charge in [-0.2, -0.15) is 11.8 Å². The molecule has 1 aliphatic heterocycles. The fourth-order valence-electron chi connectivity index (χ4n) is 2.52. The monoisotopic (exact) mass is 532 g/mol. The van der Waals surface area contributed by atoms with Crippen LogP contribution in [0.3, 0.4) is 0 Å². The highest BCUT2D eigenvalue weighted by atomic mass is 127. The number of aliphatic imine (C=N–C) groups is 1. The van der Waals surface area contributed by atoms with E-state index in [1.54, 1.807) is 0 Å². The third-order valence-electron chi connectivity index (χ3n) is 3.70. The van der Waals surface area contributed by atoms with E-state index in [2.05, 4.69) is 54.4 Å². The maximum Gasteiger partial charge on any atom is 0.193 e. The second kappa shape index (κ2) is 11.9. The van der Waals surface area contributed by atoms with Crippen molar-refractivity contribution in [3.63, 3.8) is 0 Å². The summed E-state index contributed by atoms with van der Waals surface area (Å²) in [5, 5.41) is 3.48. The summed E-state index contributed by atoms with van der Waals surface area (Å²) in [6.07, 6.45) is 3.34. The molecule has 1 saturated heterocycles. The molecule has 1 fully saturated rings. The SMILES string of the molecule is CN=C(NCCCSC)N1CCN(Cc2ccc(Br)s2)CC1.I. The number of hydrogen-bond donors (Lipinski definition) is 1. The first-order valence-corrected chi connectivity index (χ1v) is 10.6. The zero-order chi connectivity index (χ0) is 15.8. The van der Waals surface area contributed by atoms with Gasteiger partial charge in [0.1, 0.15) is 0 Å². The standard InChI is InChI=1S/C15H25BrN4S2.HI/c1-17-15(18-6-3-11-21-2)20-9-7-19(8-10-20)12-13-4-5-14(16)22-13;/h4-5H,3,6-12H2,1-2H3,(H,17,18);1H. The van der Waals surface area contributed by atoms with Crippen molar-refractivity contribution >= 4 is 69.0 Å². The van der Waals surface area contributed by atoms with Gasteiger partial charge < -0.3 is 10.2 Å². The minimum absolute atomic E-state index is 0. The Labute approximate surface area is 173 Å². The van der Waals surface area contributed by atoms with Crippen LogP contribution in [0.2, 0.25) is 0 Å². The summed E-state index contributed by atoms with van der Waals surface area (Å²) in [7, 11) is 1.88. The molecule has 1 aliphatic rings. The van der Waals surface area contributed by atoms with Gasteiger partial charge in [0.05, 0.1) is 3.79 Å². The molecule has 0 saturated carbocycles. The van der Waals surface area contributed by atoms with Gasteiger partial charge in [-0.25, -0.2) is 0 Å². The number of hydrogen-bond acceptors (Lipinski definition) is 4. The molecule has 1 aromatic rings. The van der Waals surface area contributed by atoms with Crippen LogP contribution in [0.5, 0.6) is 0 Å². The van der Waals surface area contributed by atoms with Crippen LogP contribution in [-0.2, 0) is 6.54 Å². The molecular formula is C15H26BrIN4S2. The highest BCUT2D eigenvalue weighted by molar-refractivity contribution is 14.0. The Balaban J connectivity index is 0.00000264. The van der Waals surface area contributed by atoms with Crippen molar-refractivity contribution in [3.05, 3.63) is 20.8 Å². The lowest BCUT2D eigenvalue weighted by molar-refractivity contribution is 0.174. The summed E-state index contributed by atoms with van der Waals surface area (Å²) in [6, 6.07) is 4.35. The zero-order valence-corrected chi connectivity index (χ0v) is 19.3. The van der Waals surface area contributed by atoms with Gasteiger partial charge >= 0.3 is 0 Å². The van der Waals surface area contributed by atoms with E-state index in [0.717, 1.165) is 45.2 Å². The van der Waals surface area contributed by atoms with E-state index in [1.807, 2.05) is 30.1 Å². The minimum Gasteiger partial charge on any atom is -0.356 e. The summed E-state index contributed by atoms with van der Waals surface area (Å²) < 4.78 is 1.22. The molecule has 8 heteroatoms. The van der Waals surface area contributed by atoms with E-state index in [1.165, 1.54) is 20.8 Å². The molecule has 0 aliphatic carbocycles. The molecule has 0 radical (unpaired) electrons. The lowest BCUT2D eigenvalue weighted by atomic mass is 10.3. The summed E-state index contributed by atoms with van der Waals surface area (Å²) in [5.41, 5.74) is 0. The van der Waals surface area contributed by atoms with Gasteiger partial charge in [-0.1, -0.05) is 0 Å². The quantitative estimate of drug-likeness (QED) is 0.262. The highest BCUT2D eigenvalue weighted by Gasteiger charge is 2.19. The number of halogens is 2. The smallest absolute Gasteiger partial charge is 0.193 e. The number of guanidine groups is 1. The summed E-state index contributed by atoms with van der Waals surface area (Å²) in [6.45, 7) is 6.37. The van der Waals surface area contributed by atoms with E-state index in [9.17, 15) is 0 Å². The average molecular weight is 533 g/mol. The molecule has 1 N–H and O–H groups in total. The van der Waals surface area contributed by atoms with Crippen LogP contribution in [0.25, 0.3) is 0 Å². The first kappa shape index (κ1) is 21.5. The molecule has 0 aromatic carbocycles. The average Bonchev–Trinajstić information content (AvgIpc) is 2.94. The van der Waals surface area contributed by atoms with Crippen molar-refractivity contribution in [2.45, 2.75) is 13.0 Å². The predicted octanol–water partition coefficient (Wildman–Crippen LogP) is 3.57. The van der Waals surface area contributed by atoms with Crippen LogP contribution in [0.1, 0.15) is 11.3 Å². The van der Waals surface area contributed by atoms with Crippen molar-refractivity contribution in [1.29, 1.82) is 0 Å². The van der Waals surface area contributed by atoms with Crippen LogP contribution < -0.4 is 5.32 Å². The number of nitrogens with zero attached hydrogens (tertiary/aromatic N) is 3. The number of thioether (sulfide) groups is 1. The molecule has 0 unspecified atom stereocenters. The number of rotatable bonds is 6. The van der Waals surface area contributed by atoms with Gasteiger partial charge in [-0.05, 0) is 46.5 Å². The number of thiophene rings is 1. The zero-order valence-electron chi connectivity index (χ0n) is 13.8. The molecule has 2 heterocycles. The largest absolute Gasteiger partial charge is 0.356 e. The predicted molar refractivity (Wildman–Crippen MR) is 119 cm³/mol. The van der Waals surface area contributed by atoms with Gasteiger partial charge in [0.15, 0.2) is 5.96 Å². The molecule has 0 amide bonds. The Hall–Kier alpha value is 0.490. The summed E-state index contributed by atoms with van der Waals surface area (Å²) in [4.78, 5) is 10.8. The van der Waals surface area contributed by atoms with Gasteiger partial charge in [0.25, 0.3) is 0 Å². The van der Waals surface area contributed by atoms with Crippen molar-refractivity contribution < 1.29 is 0 Å². The van der Waals surface area contributed by atoms with Crippen LogP contribution in [-0.4, -0.2) is 67.5 Å². The molecule has 0 atom stereocenters. The fourth-order valence-corrected chi connectivity index (χ4v) is 4.48. The van der Waals surface area contributed by atoms with Crippen molar-refractivity contribution in [1.82, 2.24) is 15.1 Å². The second-order valence-electron chi connectivity index (χ2n) is 5.29. The van der Waals surface area contributed by atoms with Crippen LogP contribution in [0, 0.1) is 0 Å².